The Labute approximate surface area is 157 Å². The molecule has 2 aromatic heterocycles. The van der Waals surface area contributed by atoms with E-state index in [-0.39, 0.29) is 23.8 Å². The maximum Gasteiger partial charge on any atom is 0.287 e. The Hall–Kier alpha value is -2.71. The van der Waals surface area contributed by atoms with Crippen molar-refractivity contribution in [2.45, 2.75) is 45.7 Å². The second-order valence-corrected chi connectivity index (χ2v) is 7.12. The van der Waals surface area contributed by atoms with Gasteiger partial charge in [-0.2, -0.15) is 0 Å². The van der Waals surface area contributed by atoms with Crippen LogP contribution in [0.2, 0.25) is 0 Å². The molecule has 0 aromatic carbocycles. The lowest BCUT2D eigenvalue weighted by Gasteiger charge is -2.17. The van der Waals surface area contributed by atoms with Crippen LogP contribution in [0.4, 0.5) is 5.82 Å². The number of fused-ring (bicyclic) bond motifs is 1. The molecule has 2 aliphatic rings. The maximum absolute atomic E-state index is 12.3. The van der Waals surface area contributed by atoms with Gasteiger partial charge in [-0.3, -0.25) is 9.59 Å². The third-order valence-corrected chi connectivity index (χ3v) is 5.16. The number of nitrogens with one attached hydrogen (secondary N) is 2. The molecule has 2 N–H and O–H groups in total. The third kappa shape index (κ3) is 3.33. The number of amides is 2. The maximum atomic E-state index is 12.3. The second kappa shape index (κ2) is 7.13. The summed E-state index contributed by atoms with van der Waals surface area (Å²) in [6.07, 6.45) is 4.41. The summed E-state index contributed by atoms with van der Waals surface area (Å²) in [6, 6.07) is 0.130. The van der Waals surface area contributed by atoms with Gasteiger partial charge in [0, 0.05) is 38.1 Å². The Morgan fingerprint density at radius 3 is 2.74 bits per heavy atom. The number of imidazole rings is 1. The fourth-order valence-corrected chi connectivity index (χ4v) is 3.61. The van der Waals surface area contributed by atoms with Crippen LogP contribution in [0, 0.1) is 5.92 Å². The van der Waals surface area contributed by atoms with Crippen molar-refractivity contribution in [3.05, 3.63) is 12.2 Å². The molecule has 2 amide bonds. The highest BCUT2D eigenvalue weighted by atomic mass is 16.2. The highest BCUT2D eigenvalue weighted by Crippen LogP contribution is 2.32. The highest BCUT2D eigenvalue weighted by molar-refractivity contribution is 5.96. The fraction of sp³-hybridized carbons (Fsp3) is 0.611. The molecule has 2 aromatic rings. The first-order valence-corrected chi connectivity index (χ1v) is 9.67. The Bertz CT molecular complexity index is 874. The van der Waals surface area contributed by atoms with E-state index in [1.165, 1.54) is 6.33 Å². The van der Waals surface area contributed by atoms with Crippen LogP contribution in [-0.4, -0.2) is 61.9 Å². The number of anilines is 1. The van der Waals surface area contributed by atoms with Crippen LogP contribution in [0.5, 0.6) is 0 Å². The van der Waals surface area contributed by atoms with Crippen LogP contribution >= 0.6 is 0 Å². The van der Waals surface area contributed by atoms with Gasteiger partial charge in [-0.15, -0.1) is 0 Å². The fourth-order valence-electron chi connectivity index (χ4n) is 3.61. The number of hydrogen-bond acceptors (Lipinski definition) is 6. The first-order valence-electron chi connectivity index (χ1n) is 9.67. The summed E-state index contributed by atoms with van der Waals surface area (Å²) >= 11 is 0. The number of carbonyl (C=O) groups excluding carboxylic acids is 2. The number of aromatic nitrogens is 4. The summed E-state index contributed by atoms with van der Waals surface area (Å²) in [7, 11) is 0. The third-order valence-electron chi connectivity index (χ3n) is 5.16. The molecule has 1 saturated carbocycles. The topological polar surface area (TPSA) is 105 Å². The molecule has 1 saturated heterocycles. The van der Waals surface area contributed by atoms with E-state index in [0.717, 1.165) is 25.8 Å². The van der Waals surface area contributed by atoms with Crippen molar-refractivity contribution < 1.29 is 9.59 Å². The highest BCUT2D eigenvalue weighted by Gasteiger charge is 2.36. The largest absolute Gasteiger partial charge is 0.364 e. The summed E-state index contributed by atoms with van der Waals surface area (Å²) in [5.41, 5.74) is 1.23. The monoisotopic (exact) mass is 371 g/mol. The second-order valence-electron chi connectivity index (χ2n) is 7.12. The first-order chi connectivity index (χ1) is 13.1. The summed E-state index contributed by atoms with van der Waals surface area (Å²) in [5, 5.41) is 6.20. The zero-order valence-corrected chi connectivity index (χ0v) is 15.7. The van der Waals surface area contributed by atoms with Crippen LogP contribution in [0.25, 0.3) is 11.2 Å². The molecule has 27 heavy (non-hydrogen) atoms. The van der Waals surface area contributed by atoms with Gasteiger partial charge in [-0.25, -0.2) is 15.0 Å². The van der Waals surface area contributed by atoms with Crippen molar-refractivity contribution in [1.29, 1.82) is 0 Å². The van der Waals surface area contributed by atoms with Crippen molar-refractivity contribution in [3.63, 3.8) is 0 Å². The molecule has 1 atom stereocenters. The lowest BCUT2D eigenvalue weighted by molar-refractivity contribution is -0.131. The Morgan fingerprint density at radius 1 is 1.22 bits per heavy atom. The molecule has 1 aliphatic carbocycles. The minimum Gasteiger partial charge on any atom is -0.364 e. The average molecular weight is 371 g/mol. The number of likely N-dealkylation sites (tertiary alicyclic amines) is 1. The van der Waals surface area contributed by atoms with Crippen molar-refractivity contribution in [1.82, 2.24) is 29.7 Å². The lowest BCUT2D eigenvalue weighted by atomic mass is 10.2. The van der Waals surface area contributed by atoms with Crippen LogP contribution in [0.1, 0.15) is 43.7 Å². The minimum absolute atomic E-state index is 0.130. The quantitative estimate of drug-likeness (QED) is 0.785. The minimum atomic E-state index is -0.217. The van der Waals surface area contributed by atoms with E-state index in [9.17, 15) is 9.59 Å². The van der Waals surface area contributed by atoms with Gasteiger partial charge in [0.15, 0.2) is 17.0 Å². The normalized spacial score (nSPS) is 19.5. The van der Waals surface area contributed by atoms with Crippen molar-refractivity contribution >= 4 is 28.8 Å². The summed E-state index contributed by atoms with van der Waals surface area (Å²) < 4.78 is 1.80. The standard InChI is InChI=1S/C18H25N7O2/c1-3-19-17(26)16-23-13-14(20-10-21-15(13)25(16)4-2)22-12-7-8-24(9-12)18(27)11-5-6-11/h10-12H,3-9H2,1-2H3,(H,19,26)(H,20,21,22)/t12-/m0/s1. The molecule has 0 radical (unpaired) electrons. The molecule has 3 heterocycles. The van der Waals surface area contributed by atoms with Crippen LogP contribution in [0.15, 0.2) is 6.33 Å². The number of hydrogen-bond donors (Lipinski definition) is 2. The van der Waals surface area contributed by atoms with Gasteiger partial charge in [0.2, 0.25) is 11.7 Å². The van der Waals surface area contributed by atoms with E-state index in [2.05, 4.69) is 25.6 Å². The van der Waals surface area contributed by atoms with Crippen LogP contribution in [0.3, 0.4) is 0 Å². The number of rotatable bonds is 6. The lowest BCUT2D eigenvalue weighted by Crippen LogP contribution is -2.32. The molecule has 0 unspecified atom stereocenters. The van der Waals surface area contributed by atoms with E-state index in [0.29, 0.717) is 42.4 Å². The predicted octanol–water partition coefficient (Wildman–Crippen LogP) is 1.02. The van der Waals surface area contributed by atoms with E-state index in [1.54, 1.807) is 4.57 Å². The first kappa shape index (κ1) is 17.7. The van der Waals surface area contributed by atoms with Gasteiger partial charge in [0.25, 0.3) is 5.91 Å². The Balaban J connectivity index is 1.57. The van der Waals surface area contributed by atoms with Crippen LogP contribution in [-0.2, 0) is 11.3 Å². The Kier molecular flexibility index (Phi) is 4.67. The van der Waals surface area contributed by atoms with Crippen LogP contribution < -0.4 is 10.6 Å². The van der Waals surface area contributed by atoms with Gasteiger partial charge in [0.1, 0.15) is 6.33 Å². The van der Waals surface area contributed by atoms with Gasteiger partial charge in [0.05, 0.1) is 0 Å². The molecule has 144 valence electrons. The molecule has 0 bridgehead atoms. The molecule has 0 spiro atoms. The molecule has 1 aliphatic heterocycles. The zero-order valence-electron chi connectivity index (χ0n) is 15.7. The van der Waals surface area contributed by atoms with Crippen molar-refractivity contribution in [2.75, 3.05) is 25.0 Å². The summed E-state index contributed by atoms with van der Waals surface area (Å²) in [4.78, 5) is 39.7. The van der Waals surface area contributed by atoms with Gasteiger partial charge in [-0.1, -0.05) is 0 Å². The summed E-state index contributed by atoms with van der Waals surface area (Å²) in [6.45, 7) is 6.41. The van der Waals surface area contributed by atoms with E-state index < -0.39 is 0 Å². The summed E-state index contributed by atoms with van der Waals surface area (Å²) in [5.74, 6) is 1.26. The molecule has 9 heteroatoms. The molecular weight excluding hydrogens is 346 g/mol. The number of carbonyl (C=O) groups is 2. The average Bonchev–Trinajstić information content (AvgIpc) is 3.29. The van der Waals surface area contributed by atoms with Crippen molar-refractivity contribution in [2.24, 2.45) is 5.92 Å². The van der Waals surface area contributed by atoms with Crippen molar-refractivity contribution in [3.8, 4) is 0 Å². The van der Waals surface area contributed by atoms with Gasteiger partial charge in [-0.05, 0) is 33.1 Å². The van der Waals surface area contributed by atoms with E-state index >= 15 is 0 Å². The molecule has 2 fully saturated rings. The SMILES string of the molecule is CCNC(=O)c1nc2c(N[C@H]3CCN(C(=O)C4CC4)C3)ncnc2n1CC. The number of aryl methyl sites for hydroxylation is 1. The predicted molar refractivity (Wildman–Crippen MR) is 100 cm³/mol. The molecular formula is C18H25N7O2. The number of nitrogens with zero attached hydrogens (tertiary/aromatic N) is 5. The van der Waals surface area contributed by atoms with E-state index in [1.807, 2.05) is 18.7 Å². The van der Waals surface area contributed by atoms with Gasteiger partial charge < -0.3 is 20.1 Å². The Morgan fingerprint density at radius 2 is 2.04 bits per heavy atom. The molecule has 9 nitrogen and oxygen atoms in total. The van der Waals surface area contributed by atoms with Gasteiger partial charge >= 0.3 is 0 Å². The zero-order chi connectivity index (χ0) is 19.0. The smallest absolute Gasteiger partial charge is 0.287 e. The van der Waals surface area contributed by atoms with E-state index in [4.69, 9.17) is 0 Å². The molecule has 4 rings (SSSR count).